The van der Waals surface area contributed by atoms with Crippen LogP contribution < -0.4 is 11.1 Å². The van der Waals surface area contributed by atoms with Crippen molar-refractivity contribution in [3.05, 3.63) is 48.3 Å². The number of ether oxygens (including phenoxy) is 1. The predicted molar refractivity (Wildman–Crippen MR) is 112 cm³/mol. The number of carbonyl (C=O) groups is 2. The van der Waals surface area contributed by atoms with E-state index in [1.54, 1.807) is 41.0 Å². The molecule has 4 rings (SSSR count). The summed E-state index contributed by atoms with van der Waals surface area (Å²) in [5.74, 6) is 0.204. The van der Waals surface area contributed by atoms with Crippen LogP contribution in [0.5, 0.6) is 0 Å². The lowest BCUT2D eigenvalue weighted by Crippen LogP contribution is -2.37. The molecule has 158 valence electrons. The Balaban J connectivity index is 1.40. The summed E-state index contributed by atoms with van der Waals surface area (Å²) in [4.78, 5) is 28.2. The first kappa shape index (κ1) is 20.0. The van der Waals surface area contributed by atoms with Gasteiger partial charge in [0.1, 0.15) is 5.82 Å². The van der Waals surface area contributed by atoms with E-state index < -0.39 is 0 Å². The quantitative estimate of drug-likeness (QED) is 0.754. The second-order valence-corrected chi connectivity index (χ2v) is 7.77. The van der Waals surface area contributed by atoms with E-state index in [4.69, 9.17) is 10.5 Å². The van der Waals surface area contributed by atoms with Gasteiger partial charge < -0.3 is 25.6 Å². The number of nitrogen functional groups attached to an aromatic ring is 1. The maximum Gasteiger partial charge on any atom is 0.409 e. The lowest BCUT2D eigenvalue weighted by molar-refractivity contribution is 0.112. The van der Waals surface area contributed by atoms with Gasteiger partial charge in [0, 0.05) is 38.0 Å². The number of nitrogens with one attached hydrogen (secondary N) is 1. The Morgan fingerprint density at radius 3 is 2.27 bits per heavy atom. The number of fused-ring (bicyclic) bond motifs is 1. The summed E-state index contributed by atoms with van der Waals surface area (Å²) in [5.41, 5.74) is 8.71. The van der Waals surface area contributed by atoms with E-state index in [-0.39, 0.29) is 29.8 Å². The molecule has 2 atom stereocenters. The van der Waals surface area contributed by atoms with Gasteiger partial charge in [-0.15, -0.1) is 0 Å². The molecule has 2 unspecified atom stereocenters. The van der Waals surface area contributed by atoms with E-state index in [1.807, 2.05) is 6.07 Å². The zero-order chi connectivity index (χ0) is 21.3. The van der Waals surface area contributed by atoms with Crippen LogP contribution in [0.25, 0.3) is 11.1 Å². The summed E-state index contributed by atoms with van der Waals surface area (Å²) in [6, 6.07) is 11.3. The molecule has 2 aliphatic rings. The van der Waals surface area contributed by atoms with Crippen molar-refractivity contribution in [3.8, 4) is 11.1 Å². The molecule has 0 aliphatic carbocycles. The van der Waals surface area contributed by atoms with Crippen molar-refractivity contribution >= 4 is 23.5 Å². The molecule has 0 radical (unpaired) electrons. The average Bonchev–Trinajstić information content (AvgIpc) is 3.30. The number of anilines is 2. The highest BCUT2D eigenvalue weighted by atomic mass is 19.1. The number of benzene rings is 2. The first-order valence-corrected chi connectivity index (χ1v) is 10.1. The van der Waals surface area contributed by atoms with Crippen LogP contribution in [0.2, 0.25) is 0 Å². The highest BCUT2D eigenvalue weighted by molar-refractivity contribution is 5.94. The molecule has 2 aromatic rings. The molecule has 7 nitrogen and oxygen atoms in total. The fourth-order valence-electron chi connectivity index (χ4n) is 4.20. The minimum Gasteiger partial charge on any atom is -0.450 e. The molecule has 8 heteroatoms. The number of rotatable bonds is 3. The van der Waals surface area contributed by atoms with Crippen LogP contribution >= 0.6 is 0 Å². The lowest BCUT2D eigenvalue weighted by Gasteiger charge is -2.22. The number of nitrogens with two attached hydrogens (primary N) is 1. The van der Waals surface area contributed by atoms with Gasteiger partial charge in [-0.3, -0.25) is 0 Å². The van der Waals surface area contributed by atoms with Gasteiger partial charge in [0.25, 0.3) is 0 Å². The lowest BCUT2D eigenvalue weighted by atomic mass is 10.0. The Morgan fingerprint density at radius 2 is 1.63 bits per heavy atom. The smallest absolute Gasteiger partial charge is 0.409 e. The van der Waals surface area contributed by atoms with Crippen LogP contribution in [0.15, 0.2) is 42.5 Å². The normalized spacial score (nSPS) is 20.2. The summed E-state index contributed by atoms with van der Waals surface area (Å²) in [6.45, 7) is 4.54. The van der Waals surface area contributed by atoms with Gasteiger partial charge in [-0.2, -0.15) is 0 Å². The van der Waals surface area contributed by atoms with Crippen LogP contribution in [0.3, 0.4) is 0 Å². The minimum atomic E-state index is -0.302. The molecular formula is C22H25FN4O3. The monoisotopic (exact) mass is 412 g/mol. The topological polar surface area (TPSA) is 87.9 Å². The van der Waals surface area contributed by atoms with Gasteiger partial charge in [-0.25, -0.2) is 14.0 Å². The molecular weight excluding hydrogens is 387 g/mol. The Bertz CT molecular complexity index is 936. The van der Waals surface area contributed by atoms with Crippen molar-refractivity contribution in [3.63, 3.8) is 0 Å². The molecule has 0 saturated carbocycles. The number of likely N-dealkylation sites (tertiary alicyclic amines) is 2. The van der Waals surface area contributed by atoms with Crippen LogP contribution in [-0.2, 0) is 4.74 Å². The molecule has 2 heterocycles. The number of amides is 3. The number of hydrogen-bond acceptors (Lipinski definition) is 4. The van der Waals surface area contributed by atoms with Crippen LogP contribution in [0.1, 0.15) is 6.92 Å². The molecule has 2 aromatic carbocycles. The number of nitrogens with zero attached hydrogens (tertiary/aromatic N) is 2. The first-order chi connectivity index (χ1) is 14.4. The van der Waals surface area contributed by atoms with Gasteiger partial charge >= 0.3 is 12.1 Å². The van der Waals surface area contributed by atoms with Crippen LogP contribution in [0, 0.1) is 17.7 Å². The van der Waals surface area contributed by atoms with Crippen molar-refractivity contribution < 1.29 is 18.7 Å². The van der Waals surface area contributed by atoms with E-state index in [0.29, 0.717) is 44.2 Å². The Kier molecular flexibility index (Phi) is 5.48. The maximum atomic E-state index is 13.2. The molecule has 2 aliphatic heterocycles. The second-order valence-electron chi connectivity index (χ2n) is 7.77. The van der Waals surface area contributed by atoms with Crippen LogP contribution in [0.4, 0.5) is 25.4 Å². The van der Waals surface area contributed by atoms with E-state index >= 15 is 0 Å². The largest absolute Gasteiger partial charge is 0.450 e. The Labute approximate surface area is 174 Å². The minimum absolute atomic E-state index is 0.213. The summed E-state index contributed by atoms with van der Waals surface area (Å²) in [7, 11) is 0. The van der Waals surface area contributed by atoms with E-state index in [0.717, 1.165) is 11.1 Å². The van der Waals surface area contributed by atoms with Crippen molar-refractivity contribution in [2.45, 2.75) is 6.92 Å². The molecule has 0 bridgehead atoms. The molecule has 30 heavy (non-hydrogen) atoms. The molecule has 2 fully saturated rings. The van der Waals surface area contributed by atoms with Crippen LogP contribution in [-0.4, -0.2) is 54.7 Å². The van der Waals surface area contributed by atoms with E-state index in [1.165, 1.54) is 12.1 Å². The number of carbonyl (C=O) groups excluding carboxylic acids is 2. The molecule has 0 aromatic heterocycles. The second kappa shape index (κ2) is 8.22. The van der Waals surface area contributed by atoms with Crippen molar-refractivity contribution in [1.29, 1.82) is 0 Å². The van der Waals surface area contributed by atoms with E-state index in [9.17, 15) is 14.0 Å². The summed E-state index contributed by atoms with van der Waals surface area (Å²) in [5, 5.41) is 2.90. The third-order valence-corrected chi connectivity index (χ3v) is 5.77. The molecule has 2 saturated heterocycles. The third kappa shape index (κ3) is 4.03. The Hall–Kier alpha value is -3.29. The highest BCUT2D eigenvalue weighted by Gasteiger charge is 2.43. The zero-order valence-corrected chi connectivity index (χ0v) is 16.8. The number of hydrogen-bond donors (Lipinski definition) is 2. The van der Waals surface area contributed by atoms with Gasteiger partial charge in [-0.05, 0) is 42.3 Å². The van der Waals surface area contributed by atoms with Gasteiger partial charge in [-0.1, -0.05) is 18.2 Å². The summed E-state index contributed by atoms with van der Waals surface area (Å²) in [6.07, 6.45) is -0.284. The average molecular weight is 412 g/mol. The van der Waals surface area contributed by atoms with Crippen molar-refractivity contribution in [1.82, 2.24) is 9.80 Å². The van der Waals surface area contributed by atoms with Gasteiger partial charge in [0.15, 0.2) is 0 Å². The third-order valence-electron chi connectivity index (χ3n) is 5.77. The first-order valence-electron chi connectivity index (χ1n) is 10.1. The fraction of sp³-hybridized carbons (Fsp3) is 0.364. The summed E-state index contributed by atoms with van der Waals surface area (Å²) < 4.78 is 18.3. The Morgan fingerprint density at radius 1 is 1.03 bits per heavy atom. The van der Waals surface area contributed by atoms with Gasteiger partial charge in [0.2, 0.25) is 0 Å². The fourth-order valence-corrected chi connectivity index (χ4v) is 4.20. The standard InChI is InChI=1S/C22H25FN4O3/c1-2-30-22(29)27-12-16-10-26(11-17(16)13-27)21(28)25-20-9-15(5-8-19(20)24)14-3-6-18(23)7-4-14/h3-9,16-17H,2,10-13,24H2,1H3,(H,25,28). The van der Waals surface area contributed by atoms with Gasteiger partial charge in [0.05, 0.1) is 18.0 Å². The zero-order valence-electron chi connectivity index (χ0n) is 16.8. The predicted octanol–water partition coefficient (Wildman–Crippen LogP) is 3.63. The SMILES string of the molecule is CCOC(=O)N1CC2CN(C(=O)Nc3cc(-c4ccc(F)cc4)ccc3N)CC2C1. The molecule has 3 N–H and O–H groups in total. The maximum absolute atomic E-state index is 13.2. The number of halogens is 1. The molecule has 3 amide bonds. The number of urea groups is 1. The summed E-state index contributed by atoms with van der Waals surface area (Å²) >= 11 is 0. The van der Waals surface area contributed by atoms with Crippen molar-refractivity contribution in [2.24, 2.45) is 11.8 Å². The van der Waals surface area contributed by atoms with E-state index in [2.05, 4.69) is 5.32 Å². The van der Waals surface area contributed by atoms with Crippen molar-refractivity contribution in [2.75, 3.05) is 43.8 Å². The molecule has 0 spiro atoms. The highest BCUT2D eigenvalue weighted by Crippen LogP contribution is 2.33.